The van der Waals surface area contributed by atoms with E-state index in [1.54, 1.807) is 24.3 Å². The van der Waals surface area contributed by atoms with Crippen LogP contribution in [-0.2, 0) is 9.59 Å². The normalized spacial score (nSPS) is 11.7. The Bertz CT molecular complexity index is 434. The first kappa shape index (κ1) is 15.5. The van der Waals surface area contributed by atoms with Crippen molar-refractivity contribution in [1.29, 1.82) is 0 Å². The summed E-state index contributed by atoms with van der Waals surface area (Å²) in [7, 11) is 1.91. The van der Waals surface area contributed by atoms with Crippen molar-refractivity contribution >= 4 is 29.1 Å². The Morgan fingerprint density at radius 3 is 2.47 bits per heavy atom. The van der Waals surface area contributed by atoms with Gasteiger partial charge in [0.2, 0.25) is 5.91 Å². The zero-order chi connectivity index (χ0) is 14.3. The molecule has 5 nitrogen and oxygen atoms in total. The lowest BCUT2D eigenvalue weighted by atomic mass is 10.3. The molecule has 1 aromatic rings. The zero-order valence-corrected chi connectivity index (χ0v) is 11.9. The minimum absolute atomic E-state index is 0.0570. The van der Waals surface area contributed by atoms with Crippen molar-refractivity contribution in [3.63, 3.8) is 0 Å². The Balaban J connectivity index is 2.30. The van der Waals surface area contributed by atoms with Crippen molar-refractivity contribution in [3.05, 3.63) is 29.3 Å². The van der Waals surface area contributed by atoms with Gasteiger partial charge in [-0.3, -0.25) is 9.59 Å². The van der Waals surface area contributed by atoms with E-state index in [-0.39, 0.29) is 11.8 Å². The maximum atomic E-state index is 11.8. The molecule has 6 heteroatoms. The van der Waals surface area contributed by atoms with Crippen molar-refractivity contribution in [2.75, 3.05) is 32.0 Å². The third kappa shape index (κ3) is 6.79. The molecule has 1 unspecified atom stereocenters. The number of likely N-dealkylation sites (N-methyl/N-ethyl adjacent to an activating group) is 1. The van der Waals surface area contributed by atoms with E-state index in [1.165, 1.54) is 6.92 Å². The molecule has 1 atom stereocenters. The van der Waals surface area contributed by atoms with E-state index in [2.05, 4.69) is 10.6 Å². The van der Waals surface area contributed by atoms with Gasteiger partial charge in [-0.2, -0.15) is 0 Å². The van der Waals surface area contributed by atoms with Gasteiger partial charge in [0, 0.05) is 17.6 Å². The summed E-state index contributed by atoms with van der Waals surface area (Å²) in [5.41, 5.74) is 0.726. The number of carbonyl (C=O) groups excluding carboxylic acids is 2. The number of hydrogen-bond acceptors (Lipinski definition) is 2. The average Bonchev–Trinajstić information content (AvgIpc) is 2.31. The number of nitrogens with one attached hydrogen (secondary N) is 3. The van der Waals surface area contributed by atoms with Crippen LogP contribution in [0.3, 0.4) is 0 Å². The van der Waals surface area contributed by atoms with E-state index in [1.807, 2.05) is 7.05 Å². The Hall–Kier alpha value is -1.59. The largest absolute Gasteiger partial charge is 0.351 e. The second kappa shape index (κ2) is 7.76. The van der Waals surface area contributed by atoms with Crippen LogP contribution in [0, 0.1) is 0 Å². The summed E-state index contributed by atoms with van der Waals surface area (Å²) < 4.78 is 0. The van der Waals surface area contributed by atoms with Gasteiger partial charge in [-0.25, -0.2) is 0 Å². The quantitative estimate of drug-likeness (QED) is 0.685. The van der Waals surface area contributed by atoms with Gasteiger partial charge in [0.25, 0.3) is 5.91 Å². The Morgan fingerprint density at radius 1 is 1.26 bits per heavy atom. The number of quaternary nitrogens is 1. The van der Waals surface area contributed by atoms with Crippen LogP contribution in [-0.4, -0.2) is 38.5 Å². The molecule has 0 aliphatic rings. The molecule has 1 aromatic carbocycles. The van der Waals surface area contributed by atoms with E-state index in [4.69, 9.17) is 11.6 Å². The minimum atomic E-state index is -0.0670. The van der Waals surface area contributed by atoms with Gasteiger partial charge in [-0.15, -0.1) is 0 Å². The van der Waals surface area contributed by atoms with Crippen molar-refractivity contribution in [1.82, 2.24) is 5.32 Å². The summed E-state index contributed by atoms with van der Waals surface area (Å²) >= 11 is 5.76. The smallest absolute Gasteiger partial charge is 0.279 e. The van der Waals surface area contributed by atoms with Crippen molar-refractivity contribution in [3.8, 4) is 0 Å². The maximum absolute atomic E-state index is 11.8. The van der Waals surface area contributed by atoms with Crippen LogP contribution >= 0.6 is 11.6 Å². The molecule has 1 rings (SSSR count). The topological polar surface area (TPSA) is 62.6 Å². The third-order valence-electron chi connectivity index (χ3n) is 2.52. The highest BCUT2D eigenvalue weighted by Gasteiger charge is 2.09. The van der Waals surface area contributed by atoms with Gasteiger partial charge in [0.05, 0.1) is 20.1 Å². The van der Waals surface area contributed by atoms with Crippen LogP contribution in [0.5, 0.6) is 0 Å². The number of rotatable bonds is 6. The number of anilines is 1. The van der Waals surface area contributed by atoms with Crippen molar-refractivity contribution < 1.29 is 14.5 Å². The standard InChI is InChI=1S/C13H18ClN3O2/c1-10(18)15-7-8-17(2)9-13(19)16-12-5-3-11(14)4-6-12/h3-6H,7-9H2,1-2H3,(H,15,18)(H,16,19)/p+1. The molecule has 0 aliphatic carbocycles. The highest BCUT2D eigenvalue weighted by Crippen LogP contribution is 2.12. The summed E-state index contributed by atoms with van der Waals surface area (Å²) in [5.74, 6) is -0.124. The van der Waals surface area contributed by atoms with Gasteiger partial charge in [0.1, 0.15) is 0 Å². The summed E-state index contributed by atoms with van der Waals surface area (Å²) in [5, 5.41) is 6.13. The second-order valence-corrected chi connectivity index (χ2v) is 4.86. The van der Waals surface area contributed by atoms with E-state index in [9.17, 15) is 9.59 Å². The Morgan fingerprint density at radius 2 is 1.89 bits per heavy atom. The molecule has 0 spiro atoms. The molecule has 0 aromatic heterocycles. The SMILES string of the molecule is CC(=O)NCC[NH+](C)CC(=O)Nc1ccc(Cl)cc1. The van der Waals surface area contributed by atoms with Gasteiger partial charge in [-0.05, 0) is 24.3 Å². The number of amides is 2. The van der Waals surface area contributed by atoms with Crippen molar-refractivity contribution in [2.45, 2.75) is 6.92 Å². The lowest BCUT2D eigenvalue weighted by Crippen LogP contribution is -3.10. The van der Waals surface area contributed by atoms with Gasteiger partial charge in [-0.1, -0.05) is 11.6 Å². The number of carbonyl (C=O) groups is 2. The first-order chi connectivity index (χ1) is 8.97. The van der Waals surface area contributed by atoms with E-state index in [0.29, 0.717) is 24.7 Å². The summed E-state index contributed by atoms with van der Waals surface area (Å²) in [6, 6.07) is 6.97. The highest BCUT2D eigenvalue weighted by molar-refractivity contribution is 6.30. The fourth-order valence-electron chi connectivity index (χ4n) is 1.55. The van der Waals surface area contributed by atoms with Gasteiger partial charge < -0.3 is 15.5 Å². The molecule has 0 aliphatic heterocycles. The van der Waals surface area contributed by atoms with Gasteiger partial charge in [0.15, 0.2) is 6.54 Å². The molecule has 0 radical (unpaired) electrons. The van der Waals surface area contributed by atoms with Crippen LogP contribution in [0.25, 0.3) is 0 Å². The van der Waals surface area contributed by atoms with E-state index in [0.717, 1.165) is 10.6 Å². The Kier molecular flexibility index (Phi) is 6.32. The van der Waals surface area contributed by atoms with Crippen LogP contribution in [0.1, 0.15) is 6.92 Å². The van der Waals surface area contributed by atoms with Crippen molar-refractivity contribution in [2.24, 2.45) is 0 Å². The number of halogens is 1. The highest BCUT2D eigenvalue weighted by atomic mass is 35.5. The lowest BCUT2D eigenvalue weighted by Gasteiger charge is -2.13. The fraction of sp³-hybridized carbons (Fsp3) is 0.385. The van der Waals surface area contributed by atoms with E-state index >= 15 is 0 Å². The van der Waals surface area contributed by atoms with Crippen LogP contribution in [0.2, 0.25) is 5.02 Å². The minimum Gasteiger partial charge on any atom is -0.351 e. The van der Waals surface area contributed by atoms with E-state index < -0.39 is 0 Å². The van der Waals surface area contributed by atoms with Crippen LogP contribution in [0.4, 0.5) is 5.69 Å². The second-order valence-electron chi connectivity index (χ2n) is 4.42. The summed E-state index contributed by atoms with van der Waals surface area (Å²) in [6.45, 7) is 3.09. The number of hydrogen-bond donors (Lipinski definition) is 3. The number of benzene rings is 1. The van der Waals surface area contributed by atoms with Gasteiger partial charge >= 0.3 is 0 Å². The predicted octanol–water partition coefficient (Wildman–Crippen LogP) is -0.0707. The molecular formula is C13H19ClN3O2+. The fourth-order valence-corrected chi connectivity index (χ4v) is 1.68. The molecule has 104 valence electrons. The molecule has 0 saturated heterocycles. The molecule has 2 amide bonds. The first-order valence-electron chi connectivity index (χ1n) is 6.08. The average molecular weight is 285 g/mol. The Labute approximate surface area is 117 Å². The predicted molar refractivity (Wildman–Crippen MR) is 75.4 cm³/mol. The molecular weight excluding hydrogens is 266 g/mol. The zero-order valence-electron chi connectivity index (χ0n) is 11.1. The summed E-state index contributed by atoms with van der Waals surface area (Å²) in [6.07, 6.45) is 0. The molecule has 0 saturated carbocycles. The molecule has 0 fully saturated rings. The molecule has 0 heterocycles. The molecule has 19 heavy (non-hydrogen) atoms. The van der Waals surface area contributed by atoms with Crippen LogP contribution in [0.15, 0.2) is 24.3 Å². The van der Waals surface area contributed by atoms with Crippen LogP contribution < -0.4 is 15.5 Å². The maximum Gasteiger partial charge on any atom is 0.279 e. The third-order valence-corrected chi connectivity index (χ3v) is 2.77. The summed E-state index contributed by atoms with van der Waals surface area (Å²) in [4.78, 5) is 23.5. The monoisotopic (exact) mass is 284 g/mol. The molecule has 3 N–H and O–H groups in total. The molecule has 0 bridgehead atoms. The first-order valence-corrected chi connectivity index (χ1v) is 6.46. The lowest BCUT2D eigenvalue weighted by molar-refractivity contribution is -0.869.